The van der Waals surface area contributed by atoms with Crippen molar-refractivity contribution in [2.45, 2.75) is 12.8 Å². The Hall–Kier alpha value is -1.35. The second-order valence-electron chi connectivity index (χ2n) is 3.88. The molecule has 3 heteroatoms. The molecule has 3 nitrogen and oxygen atoms in total. The fraction of sp³-hybridized carbons (Fsp3) is 0.417. The van der Waals surface area contributed by atoms with Crippen LogP contribution >= 0.6 is 0 Å². The molecule has 1 aromatic carbocycles. The number of anilines is 1. The largest absolute Gasteiger partial charge is 0.326 e. The first-order valence-electron chi connectivity index (χ1n) is 5.43. The molecule has 2 rings (SSSR count). The summed E-state index contributed by atoms with van der Waals surface area (Å²) in [5.41, 5.74) is 0.890. The van der Waals surface area contributed by atoms with Crippen molar-refractivity contribution in [1.82, 2.24) is 5.32 Å². The summed E-state index contributed by atoms with van der Waals surface area (Å²) in [4.78, 5) is 11.8. The van der Waals surface area contributed by atoms with Gasteiger partial charge in [-0.3, -0.25) is 4.79 Å². The minimum absolute atomic E-state index is 0.155. The molecule has 0 spiro atoms. The molecular weight excluding hydrogens is 188 g/mol. The van der Waals surface area contributed by atoms with E-state index in [1.165, 1.54) is 0 Å². The minimum Gasteiger partial charge on any atom is -0.326 e. The molecule has 0 bridgehead atoms. The maximum atomic E-state index is 11.8. The van der Waals surface area contributed by atoms with E-state index in [-0.39, 0.29) is 11.8 Å². The Morgan fingerprint density at radius 3 is 2.53 bits per heavy atom. The van der Waals surface area contributed by atoms with Crippen molar-refractivity contribution in [2.24, 2.45) is 5.92 Å². The lowest BCUT2D eigenvalue weighted by molar-refractivity contribution is -0.120. The van der Waals surface area contributed by atoms with Gasteiger partial charge in [-0.15, -0.1) is 0 Å². The number of carbonyl (C=O) groups excluding carboxylic acids is 1. The molecule has 1 fully saturated rings. The van der Waals surface area contributed by atoms with Crippen molar-refractivity contribution in [3.8, 4) is 0 Å². The highest BCUT2D eigenvalue weighted by molar-refractivity contribution is 5.92. The summed E-state index contributed by atoms with van der Waals surface area (Å²) in [5, 5.41) is 6.20. The van der Waals surface area contributed by atoms with Gasteiger partial charge in [0.25, 0.3) is 0 Å². The van der Waals surface area contributed by atoms with Crippen LogP contribution in [0.15, 0.2) is 30.3 Å². The Morgan fingerprint density at radius 1 is 1.20 bits per heavy atom. The number of para-hydroxylation sites is 1. The van der Waals surface area contributed by atoms with Crippen molar-refractivity contribution in [3.05, 3.63) is 30.3 Å². The van der Waals surface area contributed by atoms with Gasteiger partial charge < -0.3 is 10.6 Å². The van der Waals surface area contributed by atoms with E-state index >= 15 is 0 Å². The van der Waals surface area contributed by atoms with Crippen molar-refractivity contribution in [3.63, 3.8) is 0 Å². The first-order valence-corrected chi connectivity index (χ1v) is 5.43. The van der Waals surface area contributed by atoms with E-state index in [0.717, 1.165) is 31.6 Å². The highest BCUT2D eigenvalue weighted by Gasteiger charge is 2.20. The normalized spacial score (nSPS) is 17.3. The fourth-order valence-corrected chi connectivity index (χ4v) is 1.85. The van der Waals surface area contributed by atoms with Gasteiger partial charge in [-0.2, -0.15) is 0 Å². The van der Waals surface area contributed by atoms with Crippen LogP contribution in [0.25, 0.3) is 0 Å². The lowest BCUT2D eigenvalue weighted by Gasteiger charge is -2.21. The van der Waals surface area contributed by atoms with E-state index < -0.39 is 0 Å². The summed E-state index contributed by atoms with van der Waals surface area (Å²) in [6.45, 7) is 1.90. The second-order valence-corrected chi connectivity index (χ2v) is 3.88. The first-order chi connectivity index (χ1) is 7.36. The number of piperidine rings is 1. The van der Waals surface area contributed by atoms with E-state index in [0.29, 0.717) is 0 Å². The third kappa shape index (κ3) is 2.80. The number of rotatable bonds is 2. The van der Waals surface area contributed by atoms with Gasteiger partial charge in [0.05, 0.1) is 0 Å². The SMILES string of the molecule is O=C(Nc1ccccc1)C1CCNCC1. The van der Waals surface area contributed by atoms with Crippen LogP contribution in [-0.2, 0) is 4.79 Å². The maximum absolute atomic E-state index is 11.8. The summed E-state index contributed by atoms with van der Waals surface area (Å²) in [6, 6.07) is 9.63. The molecule has 1 amide bonds. The molecule has 0 atom stereocenters. The summed E-state index contributed by atoms with van der Waals surface area (Å²) < 4.78 is 0. The van der Waals surface area contributed by atoms with Crippen LogP contribution in [0.5, 0.6) is 0 Å². The molecule has 0 saturated carbocycles. The van der Waals surface area contributed by atoms with Crippen LogP contribution in [0, 0.1) is 5.92 Å². The van der Waals surface area contributed by atoms with Crippen molar-refractivity contribution in [2.75, 3.05) is 18.4 Å². The molecule has 2 N–H and O–H groups in total. The molecule has 0 unspecified atom stereocenters. The van der Waals surface area contributed by atoms with E-state index in [1.54, 1.807) is 0 Å². The lowest BCUT2D eigenvalue weighted by Crippen LogP contribution is -2.34. The Balaban J connectivity index is 1.91. The highest BCUT2D eigenvalue weighted by atomic mass is 16.1. The van der Waals surface area contributed by atoms with Crippen LogP contribution in [0.3, 0.4) is 0 Å². The minimum atomic E-state index is 0.155. The van der Waals surface area contributed by atoms with Gasteiger partial charge in [-0.25, -0.2) is 0 Å². The van der Waals surface area contributed by atoms with E-state index in [4.69, 9.17) is 0 Å². The van der Waals surface area contributed by atoms with Crippen molar-refractivity contribution in [1.29, 1.82) is 0 Å². The van der Waals surface area contributed by atoms with Gasteiger partial charge in [-0.05, 0) is 38.1 Å². The van der Waals surface area contributed by atoms with Gasteiger partial charge >= 0.3 is 0 Å². The summed E-state index contributed by atoms with van der Waals surface area (Å²) in [7, 11) is 0. The van der Waals surface area contributed by atoms with Gasteiger partial charge in [-0.1, -0.05) is 18.2 Å². The highest BCUT2D eigenvalue weighted by Crippen LogP contribution is 2.15. The molecule has 1 aliphatic heterocycles. The quantitative estimate of drug-likeness (QED) is 0.768. The van der Waals surface area contributed by atoms with E-state index in [1.807, 2.05) is 30.3 Å². The average molecular weight is 204 g/mol. The third-order valence-electron chi connectivity index (χ3n) is 2.75. The topological polar surface area (TPSA) is 41.1 Å². The zero-order chi connectivity index (χ0) is 10.5. The first kappa shape index (κ1) is 10.2. The number of nitrogens with one attached hydrogen (secondary N) is 2. The Kier molecular flexibility index (Phi) is 3.35. The van der Waals surface area contributed by atoms with Crippen molar-refractivity contribution < 1.29 is 4.79 Å². The molecule has 0 aromatic heterocycles. The van der Waals surface area contributed by atoms with Gasteiger partial charge in [0, 0.05) is 11.6 Å². The Bertz CT molecular complexity index is 318. The monoisotopic (exact) mass is 204 g/mol. The summed E-state index contributed by atoms with van der Waals surface area (Å²) in [6.07, 6.45) is 1.89. The molecule has 0 aliphatic carbocycles. The predicted octanol–water partition coefficient (Wildman–Crippen LogP) is 1.62. The zero-order valence-corrected chi connectivity index (χ0v) is 8.70. The lowest BCUT2D eigenvalue weighted by atomic mass is 9.97. The van der Waals surface area contributed by atoms with Crippen LogP contribution in [0.1, 0.15) is 12.8 Å². The number of carbonyl (C=O) groups is 1. The van der Waals surface area contributed by atoms with Crippen LogP contribution in [0.4, 0.5) is 5.69 Å². The van der Waals surface area contributed by atoms with Gasteiger partial charge in [0.2, 0.25) is 5.91 Å². The second kappa shape index (κ2) is 4.94. The molecular formula is C12H16N2O. The van der Waals surface area contributed by atoms with Crippen LogP contribution in [-0.4, -0.2) is 19.0 Å². The van der Waals surface area contributed by atoms with E-state index in [9.17, 15) is 4.79 Å². The molecule has 80 valence electrons. The number of hydrogen-bond acceptors (Lipinski definition) is 2. The van der Waals surface area contributed by atoms with E-state index in [2.05, 4.69) is 10.6 Å². The molecule has 1 saturated heterocycles. The molecule has 0 radical (unpaired) electrons. The zero-order valence-electron chi connectivity index (χ0n) is 8.70. The number of hydrogen-bond donors (Lipinski definition) is 2. The van der Waals surface area contributed by atoms with Crippen LogP contribution in [0.2, 0.25) is 0 Å². The molecule has 1 heterocycles. The average Bonchev–Trinajstić information content (AvgIpc) is 2.31. The molecule has 1 aromatic rings. The number of benzene rings is 1. The van der Waals surface area contributed by atoms with Gasteiger partial charge in [0.1, 0.15) is 0 Å². The predicted molar refractivity (Wildman–Crippen MR) is 60.7 cm³/mol. The summed E-state index contributed by atoms with van der Waals surface area (Å²) >= 11 is 0. The smallest absolute Gasteiger partial charge is 0.227 e. The van der Waals surface area contributed by atoms with Crippen molar-refractivity contribution >= 4 is 11.6 Å². The fourth-order valence-electron chi connectivity index (χ4n) is 1.85. The van der Waals surface area contributed by atoms with Crippen LogP contribution < -0.4 is 10.6 Å². The third-order valence-corrected chi connectivity index (χ3v) is 2.75. The van der Waals surface area contributed by atoms with Gasteiger partial charge in [0.15, 0.2) is 0 Å². The maximum Gasteiger partial charge on any atom is 0.227 e. The summed E-state index contributed by atoms with van der Waals surface area (Å²) in [5.74, 6) is 0.328. The number of amides is 1. The Morgan fingerprint density at radius 2 is 1.87 bits per heavy atom. The Labute approximate surface area is 89.9 Å². The standard InChI is InChI=1S/C12H16N2O/c15-12(10-6-8-13-9-7-10)14-11-4-2-1-3-5-11/h1-5,10,13H,6-9H2,(H,14,15). The molecule has 1 aliphatic rings. The molecule has 15 heavy (non-hydrogen) atoms.